The Morgan fingerprint density at radius 2 is 1.50 bits per heavy atom. The molecule has 0 saturated heterocycles. The molecule has 1 amide bonds. The lowest BCUT2D eigenvalue weighted by atomic mass is 10.0. The van der Waals surface area contributed by atoms with Crippen LogP contribution < -0.4 is 10.1 Å². The number of carboxylic acids is 1. The standard InChI is InChI=1S/C30H45NO8Si/c1-4-37-40(38-5-2,39-6-3)22-12-19-31-30(34)36-21-10-8-7-9-20-35-28-18-17-26-23-25(13-11-14-29(32)33)15-16-27(26)24-28/h11,14-18,23-24H,4-10,12-13,19-22H2,1-3H3,(H,31,34)(H,32,33). The van der Waals surface area contributed by atoms with Crippen LogP contribution in [0.2, 0.25) is 6.04 Å². The van der Waals surface area contributed by atoms with Crippen LogP contribution in [0, 0.1) is 0 Å². The molecule has 9 nitrogen and oxygen atoms in total. The number of rotatable bonds is 21. The zero-order valence-electron chi connectivity index (χ0n) is 24.1. The fourth-order valence-corrected chi connectivity index (χ4v) is 6.86. The third kappa shape index (κ3) is 13.0. The first-order chi connectivity index (χ1) is 19.4. The van der Waals surface area contributed by atoms with E-state index in [-0.39, 0.29) is 0 Å². The summed E-state index contributed by atoms with van der Waals surface area (Å²) in [6, 6.07) is 12.7. The van der Waals surface area contributed by atoms with Crippen LogP contribution in [0.15, 0.2) is 48.6 Å². The van der Waals surface area contributed by atoms with E-state index in [9.17, 15) is 9.59 Å². The average molecular weight is 576 g/mol. The molecule has 0 aromatic heterocycles. The number of hydrogen-bond donors (Lipinski definition) is 2. The van der Waals surface area contributed by atoms with Crippen molar-refractivity contribution in [1.29, 1.82) is 0 Å². The molecule has 0 bridgehead atoms. The lowest BCUT2D eigenvalue weighted by Gasteiger charge is -2.28. The first-order valence-electron chi connectivity index (χ1n) is 14.3. The van der Waals surface area contributed by atoms with E-state index in [1.165, 1.54) is 0 Å². The predicted octanol–water partition coefficient (Wildman–Crippen LogP) is 6.13. The summed E-state index contributed by atoms with van der Waals surface area (Å²) in [6.07, 6.45) is 7.36. The highest BCUT2D eigenvalue weighted by Gasteiger charge is 2.39. The first kappa shape index (κ1) is 33.3. The van der Waals surface area contributed by atoms with Crippen molar-refractivity contribution in [2.45, 2.75) is 65.3 Å². The van der Waals surface area contributed by atoms with Crippen LogP contribution in [0.1, 0.15) is 58.4 Å². The first-order valence-corrected chi connectivity index (χ1v) is 16.2. The smallest absolute Gasteiger partial charge is 0.494 e. The number of ether oxygens (including phenoxy) is 2. The molecule has 0 aliphatic rings. The Hall–Kier alpha value is -2.92. The number of unbranched alkanes of at least 4 members (excludes halogenated alkanes) is 3. The number of carbonyl (C=O) groups excluding carboxylic acids is 1. The van der Waals surface area contributed by atoms with Crippen molar-refractivity contribution in [2.24, 2.45) is 0 Å². The minimum atomic E-state index is -2.68. The van der Waals surface area contributed by atoms with E-state index in [0.717, 1.165) is 53.8 Å². The van der Waals surface area contributed by atoms with Gasteiger partial charge >= 0.3 is 20.9 Å². The van der Waals surface area contributed by atoms with E-state index in [4.69, 9.17) is 27.9 Å². The summed E-state index contributed by atoms with van der Waals surface area (Å²) in [6.45, 7) is 8.90. The number of amides is 1. The van der Waals surface area contributed by atoms with Gasteiger partial charge in [-0.15, -0.1) is 0 Å². The number of carboxylic acid groups (broad SMARTS) is 1. The fourth-order valence-electron chi connectivity index (χ4n) is 4.25. The van der Waals surface area contributed by atoms with Gasteiger partial charge in [0.05, 0.1) is 13.2 Å². The van der Waals surface area contributed by atoms with E-state index < -0.39 is 20.9 Å². The monoisotopic (exact) mass is 575 g/mol. The van der Waals surface area contributed by atoms with Crippen molar-refractivity contribution in [2.75, 3.05) is 39.6 Å². The Bertz CT molecular complexity index is 1040. The lowest BCUT2D eigenvalue weighted by molar-refractivity contribution is -0.131. The van der Waals surface area contributed by atoms with Gasteiger partial charge in [-0.1, -0.05) is 30.3 Å². The van der Waals surface area contributed by atoms with Crippen LogP contribution >= 0.6 is 0 Å². The molecule has 222 valence electrons. The number of hydrogen-bond acceptors (Lipinski definition) is 7. The molecule has 2 aromatic carbocycles. The zero-order valence-corrected chi connectivity index (χ0v) is 25.1. The van der Waals surface area contributed by atoms with E-state index in [2.05, 4.69) is 11.4 Å². The number of benzene rings is 2. The van der Waals surface area contributed by atoms with Crippen molar-refractivity contribution in [3.8, 4) is 5.75 Å². The van der Waals surface area contributed by atoms with Crippen LogP contribution in [-0.2, 0) is 29.2 Å². The highest BCUT2D eigenvalue weighted by molar-refractivity contribution is 6.60. The maximum Gasteiger partial charge on any atom is 0.500 e. The molecule has 0 aliphatic heterocycles. The number of carbonyl (C=O) groups is 2. The Balaban J connectivity index is 1.56. The van der Waals surface area contributed by atoms with Crippen molar-refractivity contribution in [1.82, 2.24) is 5.32 Å². The number of nitrogens with one attached hydrogen (secondary N) is 1. The molecule has 0 radical (unpaired) electrons. The van der Waals surface area contributed by atoms with Gasteiger partial charge < -0.3 is 33.2 Å². The van der Waals surface area contributed by atoms with Crippen LogP contribution in [0.25, 0.3) is 10.8 Å². The molecule has 10 heteroatoms. The molecule has 0 saturated carbocycles. The topological polar surface area (TPSA) is 113 Å². The second-order valence-corrected chi connectivity index (χ2v) is 11.9. The summed E-state index contributed by atoms with van der Waals surface area (Å²) in [5, 5.41) is 13.7. The second kappa shape index (κ2) is 19.2. The van der Waals surface area contributed by atoms with Gasteiger partial charge in [0.25, 0.3) is 0 Å². The van der Waals surface area contributed by atoms with Crippen LogP contribution in [0.5, 0.6) is 5.75 Å². The molecule has 0 fully saturated rings. The fraction of sp³-hybridized carbons (Fsp3) is 0.533. The molecule has 2 N–H and O–H groups in total. The molecule has 2 rings (SSSR count). The number of fused-ring (bicyclic) bond motifs is 1. The number of alkyl carbamates (subject to hydrolysis) is 1. The van der Waals surface area contributed by atoms with Gasteiger partial charge in [-0.2, -0.15) is 0 Å². The van der Waals surface area contributed by atoms with Crippen LogP contribution in [0.3, 0.4) is 0 Å². The summed E-state index contributed by atoms with van der Waals surface area (Å²) >= 11 is 0. The maximum absolute atomic E-state index is 12.0. The molecule has 40 heavy (non-hydrogen) atoms. The maximum atomic E-state index is 12.0. The van der Waals surface area contributed by atoms with E-state index in [0.29, 0.717) is 58.5 Å². The summed E-state index contributed by atoms with van der Waals surface area (Å²) < 4.78 is 28.7. The molecule has 0 unspecified atom stereocenters. The van der Waals surface area contributed by atoms with Crippen molar-refractivity contribution in [3.63, 3.8) is 0 Å². The summed E-state index contributed by atoms with van der Waals surface area (Å²) in [5.41, 5.74) is 1.06. The van der Waals surface area contributed by atoms with Crippen molar-refractivity contribution in [3.05, 3.63) is 54.1 Å². The third-order valence-corrected chi connectivity index (χ3v) is 9.20. The van der Waals surface area contributed by atoms with Gasteiger partial charge in [-0.25, -0.2) is 9.59 Å². The third-order valence-electron chi connectivity index (χ3n) is 6.05. The lowest BCUT2D eigenvalue weighted by Crippen LogP contribution is -2.46. The molecular weight excluding hydrogens is 530 g/mol. The highest BCUT2D eigenvalue weighted by atomic mass is 28.4. The largest absolute Gasteiger partial charge is 0.500 e. The second-order valence-electron chi connectivity index (χ2n) is 9.20. The molecule has 0 spiro atoms. The van der Waals surface area contributed by atoms with Crippen LogP contribution in [-0.4, -0.2) is 65.6 Å². The van der Waals surface area contributed by atoms with E-state index in [1.807, 2.05) is 51.1 Å². The quantitative estimate of drug-likeness (QED) is 0.104. The summed E-state index contributed by atoms with van der Waals surface area (Å²) in [4.78, 5) is 22.6. The average Bonchev–Trinajstić information content (AvgIpc) is 2.93. The predicted molar refractivity (Wildman–Crippen MR) is 158 cm³/mol. The van der Waals surface area contributed by atoms with Gasteiger partial charge in [-0.05, 0) is 87.8 Å². The van der Waals surface area contributed by atoms with Gasteiger partial charge in [0.2, 0.25) is 0 Å². The summed E-state index contributed by atoms with van der Waals surface area (Å²) in [5.74, 6) is -0.108. The van der Waals surface area contributed by atoms with Gasteiger partial charge in [-0.3, -0.25) is 0 Å². The van der Waals surface area contributed by atoms with E-state index >= 15 is 0 Å². The molecule has 2 aromatic rings. The Labute approximate surface area is 239 Å². The van der Waals surface area contributed by atoms with Crippen molar-refractivity contribution >= 4 is 31.6 Å². The molecule has 0 atom stereocenters. The normalized spacial score (nSPS) is 11.7. The van der Waals surface area contributed by atoms with Crippen molar-refractivity contribution < 1.29 is 37.4 Å². The Kier molecular flexibility index (Phi) is 16.0. The Morgan fingerprint density at radius 3 is 2.17 bits per heavy atom. The zero-order chi connectivity index (χ0) is 29.1. The van der Waals surface area contributed by atoms with Crippen LogP contribution in [0.4, 0.5) is 4.79 Å². The minimum Gasteiger partial charge on any atom is -0.494 e. The molecule has 0 aliphatic carbocycles. The SMILES string of the molecule is CCO[Si](CCCNC(=O)OCCCCCCOc1ccc2cc(CC=CC(=O)O)ccc2c1)(OCC)OCC. The van der Waals surface area contributed by atoms with Gasteiger partial charge in [0.1, 0.15) is 5.75 Å². The number of allylic oxidation sites excluding steroid dienone is 1. The number of aliphatic carboxylic acids is 1. The Morgan fingerprint density at radius 1 is 0.850 bits per heavy atom. The summed E-state index contributed by atoms with van der Waals surface area (Å²) in [7, 11) is -2.68. The highest BCUT2D eigenvalue weighted by Crippen LogP contribution is 2.23. The minimum absolute atomic E-state index is 0.390. The van der Waals surface area contributed by atoms with Gasteiger partial charge in [0.15, 0.2) is 0 Å². The van der Waals surface area contributed by atoms with Gasteiger partial charge in [0, 0.05) is 38.5 Å². The molecule has 0 heterocycles. The molecular formula is C30H45NO8Si. The van der Waals surface area contributed by atoms with E-state index in [1.54, 1.807) is 6.08 Å².